The van der Waals surface area contributed by atoms with Gasteiger partial charge in [-0.3, -0.25) is 9.59 Å². The number of benzene rings is 1. The molecule has 1 atom stereocenters. The van der Waals surface area contributed by atoms with Crippen molar-refractivity contribution in [2.24, 2.45) is 5.92 Å². The smallest absolute Gasteiger partial charge is 0.242 e. The molecule has 1 aliphatic rings. The van der Waals surface area contributed by atoms with Gasteiger partial charge in [0.1, 0.15) is 24.7 Å². The monoisotopic (exact) mass is 486 g/mol. The molecule has 3 aromatic rings. The molecule has 0 aliphatic carbocycles. The van der Waals surface area contributed by atoms with Crippen LogP contribution in [0.25, 0.3) is 0 Å². The normalized spacial score (nSPS) is 15.4. The SMILES string of the molecule is CC(C)C(=O)N(CC(=O)N1CCc2sccc2[C@H]1COc1ccc(Cl)cc1)Cc1ccco1. The van der Waals surface area contributed by atoms with Crippen molar-refractivity contribution in [2.45, 2.75) is 32.9 Å². The van der Waals surface area contributed by atoms with Crippen molar-refractivity contribution in [1.82, 2.24) is 9.80 Å². The van der Waals surface area contributed by atoms with Crippen LogP contribution < -0.4 is 4.74 Å². The van der Waals surface area contributed by atoms with E-state index in [1.54, 1.807) is 40.7 Å². The van der Waals surface area contributed by atoms with E-state index in [4.69, 9.17) is 20.8 Å². The van der Waals surface area contributed by atoms with Crippen LogP contribution in [0.2, 0.25) is 5.02 Å². The summed E-state index contributed by atoms with van der Waals surface area (Å²) in [5.41, 5.74) is 1.11. The van der Waals surface area contributed by atoms with Crippen LogP contribution in [-0.2, 0) is 22.6 Å². The Morgan fingerprint density at radius 1 is 1.24 bits per heavy atom. The molecule has 0 fully saturated rings. The summed E-state index contributed by atoms with van der Waals surface area (Å²) in [6.45, 7) is 4.85. The molecule has 6 nitrogen and oxygen atoms in total. The second-order valence-electron chi connectivity index (χ2n) is 8.35. The summed E-state index contributed by atoms with van der Waals surface area (Å²) in [5.74, 6) is 0.947. The van der Waals surface area contributed by atoms with Gasteiger partial charge in [0.05, 0.1) is 18.8 Å². The summed E-state index contributed by atoms with van der Waals surface area (Å²) in [6, 6.07) is 12.6. The minimum atomic E-state index is -0.221. The molecule has 0 unspecified atom stereocenters. The van der Waals surface area contributed by atoms with E-state index in [9.17, 15) is 9.59 Å². The lowest BCUT2D eigenvalue weighted by molar-refractivity contribution is -0.145. The number of fused-ring (bicyclic) bond motifs is 1. The fourth-order valence-electron chi connectivity index (χ4n) is 4.00. The van der Waals surface area contributed by atoms with Crippen molar-refractivity contribution >= 4 is 34.8 Å². The lowest BCUT2D eigenvalue weighted by Gasteiger charge is -2.37. The molecule has 0 saturated heterocycles. The number of ether oxygens (including phenoxy) is 1. The Balaban J connectivity index is 1.51. The number of carbonyl (C=O) groups is 2. The van der Waals surface area contributed by atoms with Crippen LogP contribution in [0, 0.1) is 5.92 Å². The number of halogens is 1. The van der Waals surface area contributed by atoms with Gasteiger partial charge in [-0.2, -0.15) is 0 Å². The van der Waals surface area contributed by atoms with Crippen LogP contribution in [0.15, 0.2) is 58.5 Å². The van der Waals surface area contributed by atoms with Gasteiger partial charge >= 0.3 is 0 Å². The van der Waals surface area contributed by atoms with Crippen molar-refractivity contribution in [3.63, 3.8) is 0 Å². The van der Waals surface area contributed by atoms with Gasteiger partial charge in [-0.15, -0.1) is 11.3 Å². The van der Waals surface area contributed by atoms with Crippen molar-refractivity contribution in [3.8, 4) is 5.75 Å². The fraction of sp³-hybridized carbons (Fsp3) is 0.360. The lowest BCUT2D eigenvalue weighted by atomic mass is 10.00. The Labute approximate surface area is 202 Å². The highest BCUT2D eigenvalue weighted by Gasteiger charge is 2.34. The van der Waals surface area contributed by atoms with Crippen molar-refractivity contribution in [2.75, 3.05) is 19.7 Å². The molecule has 2 aromatic heterocycles. The molecule has 4 rings (SSSR count). The number of nitrogens with zero attached hydrogens (tertiary/aromatic N) is 2. The number of thiophene rings is 1. The largest absolute Gasteiger partial charge is 0.491 e. The molecule has 2 amide bonds. The number of furan rings is 1. The first-order valence-electron chi connectivity index (χ1n) is 11.0. The first-order chi connectivity index (χ1) is 15.9. The van der Waals surface area contributed by atoms with Gasteiger partial charge in [-0.1, -0.05) is 25.4 Å². The highest BCUT2D eigenvalue weighted by Crippen LogP contribution is 2.34. The lowest BCUT2D eigenvalue weighted by Crippen LogP contribution is -2.48. The summed E-state index contributed by atoms with van der Waals surface area (Å²) in [4.78, 5) is 31.0. The molecule has 33 heavy (non-hydrogen) atoms. The van der Waals surface area contributed by atoms with Gasteiger partial charge in [0.15, 0.2) is 0 Å². The first kappa shape index (κ1) is 23.4. The Hall–Kier alpha value is -2.77. The molecule has 174 valence electrons. The molecule has 8 heteroatoms. The average molecular weight is 487 g/mol. The predicted molar refractivity (Wildman–Crippen MR) is 128 cm³/mol. The Morgan fingerprint density at radius 3 is 2.73 bits per heavy atom. The van der Waals surface area contributed by atoms with E-state index in [1.165, 1.54) is 4.88 Å². The maximum Gasteiger partial charge on any atom is 0.242 e. The number of amides is 2. The van der Waals surface area contributed by atoms with E-state index < -0.39 is 0 Å². The molecule has 0 bridgehead atoms. The van der Waals surface area contributed by atoms with Crippen molar-refractivity contribution in [3.05, 3.63) is 75.3 Å². The van der Waals surface area contributed by atoms with Crippen LogP contribution in [0.4, 0.5) is 0 Å². The summed E-state index contributed by atoms with van der Waals surface area (Å²) < 4.78 is 11.5. The maximum atomic E-state index is 13.5. The minimum Gasteiger partial charge on any atom is -0.491 e. The number of hydrogen-bond donors (Lipinski definition) is 0. The van der Waals surface area contributed by atoms with E-state index in [0.29, 0.717) is 29.7 Å². The minimum absolute atomic E-state index is 0.00533. The Kier molecular flexibility index (Phi) is 7.40. The Bertz CT molecular complexity index is 1080. The second kappa shape index (κ2) is 10.4. The van der Waals surface area contributed by atoms with Gasteiger partial charge in [0, 0.05) is 22.4 Å². The van der Waals surface area contributed by atoms with E-state index in [1.807, 2.05) is 36.9 Å². The molecule has 0 spiro atoms. The number of carbonyl (C=O) groups excluding carboxylic acids is 2. The quantitative estimate of drug-likeness (QED) is 0.440. The zero-order valence-electron chi connectivity index (χ0n) is 18.7. The van der Waals surface area contributed by atoms with Gasteiger partial charge in [0.25, 0.3) is 0 Å². The van der Waals surface area contributed by atoms with Crippen molar-refractivity contribution < 1.29 is 18.7 Å². The van der Waals surface area contributed by atoms with E-state index in [0.717, 1.165) is 12.0 Å². The number of hydrogen-bond acceptors (Lipinski definition) is 5. The van der Waals surface area contributed by atoms with Crippen molar-refractivity contribution in [1.29, 1.82) is 0 Å². The van der Waals surface area contributed by atoms with Gasteiger partial charge in [0.2, 0.25) is 11.8 Å². The van der Waals surface area contributed by atoms with E-state index in [2.05, 4.69) is 11.4 Å². The first-order valence-corrected chi connectivity index (χ1v) is 12.2. The third-order valence-corrected chi connectivity index (χ3v) is 6.94. The van der Waals surface area contributed by atoms with Gasteiger partial charge in [-0.25, -0.2) is 0 Å². The zero-order chi connectivity index (χ0) is 23.4. The third kappa shape index (κ3) is 5.60. The maximum absolute atomic E-state index is 13.5. The fourth-order valence-corrected chi connectivity index (χ4v) is 5.06. The van der Waals surface area contributed by atoms with E-state index in [-0.39, 0.29) is 36.9 Å². The van der Waals surface area contributed by atoms with E-state index >= 15 is 0 Å². The van der Waals surface area contributed by atoms with Crippen LogP contribution in [0.1, 0.15) is 36.1 Å². The van der Waals surface area contributed by atoms with Crippen LogP contribution in [0.3, 0.4) is 0 Å². The van der Waals surface area contributed by atoms with Gasteiger partial charge < -0.3 is 19.0 Å². The van der Waals surface area contributed by atoms with Gasteiger partial charge in [-0.05, 0) is 59.8 Å². The topological polar surface area (TPSA) is 63.0 Å². The molecule has 0 radical (unpaired) electrons. The van der Waals surface area contributed by atoms with Crippen LogP contribution in [0.5, 0.6) is 5.75 Å². The zero-order valence-corrected chi connectivity index (χ0v) is 20.3. The van der Waals surface area contributed by atoms with Crippen LogP contribution in [-0.4, -0.2) is 41.3 Å². The summed E-state index contributed by atoms with van der Waals surface area (Å²) in [7, 11) is 0. The molecular weight excluding hydrogens is 460 g/mol. The highest BCUT2D eigenvalue weighted by atomic mass is 35.5. The van der Waals surface area contributed by atoms with Crippen LogP contribution >= 0.6 is 22.9 Å². The molecule has 0 saturated carbocycles. The second-order valence-corrected chi connectivity index (χ2v) is 9.78. The molecule has 1 aromatic carbocycles. The number of rotatable bonds is 8. The highest BCUT2D eigenvalue weighted by molar-refractivity contribution is 7.10. The summed E-state index contributed by atoms with van der Waals surface area (Å²) in [5, 5.41) is 2.70. The summed E-state index contributed by atoms with van der Waals surface area (Å²) in [6.07, 6.45) is 2.37. The Morgan fingerprint density at radius 2 is 2.03 bits per heavy atom. The standard InChI is InChI=1S/C25H27ClN2O4S/c1-17(2)25(30)27(14-20-4-3-12-31-20)15-24(29)28-11-9-23-21(10-13-33-23)22(28)16-32-19-7-5-18(26)6-8-19/h3-8,10,12-13,17,22H,9,11,14-16H2,1-2H3/t22-/m1/s1. The third-order valence-electron chi connectivity index (χ3n) is 5.70. The summed E-state index contributed by atoms with van der Waals surface area (Å²) >= 11 is 7.68. The average Bonchev–Trinajstić information content (AvgIpc) is 3.49. The predicted octanol–water partition coefficient (Wildman–Crippen LogP) is 5.18. The molecular formula is C25H27ClN2O4S. The molecule has 3 heterocycles. The molecule has 0 N–H and O–H groups in total. The molecule has 1 aliphatic heterocycles.